The first-order valence-electron chi connectivity index (χ1n) is 10.4. The maximum absolute atomic E-state index is 12.7. The summed E-state index contributed by atoms with van der Waals surface area (Å²) < 4.78 is 0. The fourth-order valence-electron chi connectivity index (χ4n) is 4.21. The van der Waals surface area contributed by atoms with Crippen molar-refractivity contribution >= 4 is 29.2 Å². The van der Waals surface area contributed by atoms with Crippen molar-refractivity contribution < 1.29 is 14.7 Å². The number of likely N-dealkylation sites (N-methyl/N-ethyl adjacent to an activating group) is 1. The van der Waals surface area contributed by atoms with E-state index in [1.165, 1.54) is 0 Å². The van der Waals surface area contributed by atoms with E-state index in [4.69, 9.17) is 11.6 Å². The van der Waals surface area contributed by atoms with Crippen molar-refractivity contribution in [3.8, 4) is 0 Å². The van der Waals surface area contributed by atoms with Crippen LogP contribution >= 0.6 is 11.6 Å². The second-order valence-electron chi connectivity index (χ2n) is 8.11. The molecule has 0 aliphatic carbocycles. The molecule has 3 rings (SSSR count). The molecule has 0 saturated carbocycles. The summed E-state index contributed by atoms with van der Waals surface area (Å²) in [5.74, 6) is -0.720. The monoisotopic (exact) mass is 428 g/mol. The van der Waals surface area contributed by atoms with Gasteiger partial charge < -0.3 is 14.9 Å². The molecule has 0 fully saturated rings. The highest BCUT2D eigenvalue weighted by molar-refractivity contribution is 6.31. The molecule has 0 bridgehead atoms. The van der Waals surface area contributed by atoms with Gasteiger partial charge in [-0.2, -0.15) is 0 Å². The number of carboxylic acids is 1. The number of nitrogens with zero attached hydrogens (tertiary/aromatic N) is 2. The number of hydrogen-bond donors (Lipinski definition) is 1. The number of carbonyl (C=O) groups is 2. The van der Waals surface area contributed by atoms with Crippen LogP contribution in [0.4, 0.5) is 5.69 Å². The molecule has 0 radical (unpaired) electrons. The number of aromatic carboxylic acids is 1. The Morgan fingerprint density at radius 3 is 2.53 bits per heavy atom. The number of carbonyl (C=O) groups excluding carboxylic acids is 1. The minimum atomic E-state index is -0.971. The van der Waals surface area contributed by atoms with Crippen molar-refractivity contribution in [1.29, 1.82) is 0 Å². The number of rotatable bonds is 7. The van der Waals surface area contributed by atoms with Gasteiger partial charge in [-0.15, -0.1) is 0 Å². The first kappa shape index (κ1) is 22.2. The van der Waals surface area contributed by atoms with E-state index in [1.54, 1.807) is 31.1 Å². The average Bonchev–Trinajstić information content (AvgIpc) is 2.73. The molecule has 1 amide bonds. The lowest BCUT2D eigenvalue weighted by molar-refractivity contribution is -0.127. The Morgan fingerprint density at radius 1 is 1.17 bits per heavy atom. The van der Waals surface area contributed by atoms with Gasteiger partial charge in [0.15, 0.2) is 0 Å². The van der Waals surface area contributed by atoms with E-state index in [2.05, 4.69) is 6.92 Å². The van der Waals surface area contributed by atoms with Gasteiger partial charge in [0.2, 0.25) is 5.91 Å². The Morgan fingerprint density at radius 2 is 1.90 bits per heavy atom. The summed E-state index contributed by atoms with van der Waals surface area (Å²) in [7, 11) is 3.46. The topological polar surface area (TPSA) is 60.9 Å². The average molecular weight is 429 g/mol. The second-order valence-corrected chi connectivity index (χ2v) is 8.51. The van der Waals surface area contributed by atoms with Gasteiger partial charge in [-0.25, -0.2) is 4.79 Å². The third-order valence-corrected chi connectivity index (χ3v) is 6.23. The Hall–Kier alpha value is -2.53. The molecule has 1 aliphatic heterocycles. The number of anilines is 1. The number of amides is 1. The van der Waals surface area contributed by atoms with Gasteiger partial charge >= 0.3 is 5.97 Å². The second kappa shape index (κ2) is 9.52. The van der Waals surface area contributed by atoms with Crippen molar-refractivity contribution in [2.45, 2.75) is 44.6 Å². The smallest absolute Gasteiger partial charge is 0.335 e. The van der Waals surface area contributed by atoms with E-state index in [9.17, 15) is 14.7 Å². The predicted octanol–water partition coefficient (Wildman–Crippen LogP) is 5.35. The Bertz CT molecular complexity index is 928. The molecule has 2 unspecified atom stereocenters. The summed E-state index contributed by atoms with van der Waals surface area (Å²) in [6.07, 6.45) is 4.05. The summed E-state index contributed by atoms with van der Waals surface area (Å²) in [5.41, 5.74) is 3.13. The molecular weight excluding hydrogens is 400 g/mol. The number of fused-ring (bicyclic) bond motifs is 1. The van der Waals surface area contributed by atoms with Crippen LogP contribution in [0.3, 0.4) is 0 Å². The SMILES string of the molecule is CCCCC1CC(c2ccccc2Cl)N(CC(=O)N(C)C)c2cc(C(=O)O)ccc21. The lowest BCUT2D eigenvalue weighted by atomic mass is 9.80. The summed E-state index contributed by atoms with van der Waals surface area (Å²) in [6.45, 7) is 2.34. The zero-order valence-corrected chi connectivity index (χ0v) is 18.5. The molecule has 6 heteroatoms. The zero-order chi connectivity index (χ0) is 21.8. The van der Waals surface area contributed by atoms with E-state index in [-0.39, 0.29) is 30.0 Å². The van der Waals surface area contributed by atoms with Crippen LogP contribution in [0.2, 0.25) is 5.02 Å². The molecule has 160 valence electrons. The third kappa shape index (κ3) is 4.62. The lowest BCUT2D eigenvalue weighted by Crippen LogP contribution is -2.42. The molecule has 1 N–H and O–H groups in total. The van der Waals surface area contributed by atoms with Crippen LogP contribution in [-0.2, 0) is 4.79 Å². The molecule has 0 saturated heterocycles. The number of carboxylic acid groups (broad SMARTS) is 1. The normalized spacial score (nSPS) is 18.1. The zero-order valence-electron chi connectivity index (χ0n) is 17.8. The van der Waals surface area contributed by atoms with E-state index >= 15 is 0 Å². The largest absolute Gasteiger partial charge is 0.478 e. The lowest BCUT2D eigenvalue weighted by Gasteiger charge is -2.43. The van der Waals surface area contributed by atoms with Crippen LogP contribution in [0, 0.1) is 0 Å². The van der Waals surface area contributed by atoms with Gasteiger partial charge in [-0.05, 0) is 48.1 Å². The van der Waals surface area contributed by atoms with Crippen molar-refractivity contribution in [1.82, 2.24) is 4.90 Å². The van der Waals surface area contributed by atoms with Gasteiger partial charge in [-0.3, -0.25) is 4.79 Å². The highest BCUT2D eigenvalue weighted by atomic mass is 35.5. The number of halogens is 1. The van der Waals surface area contributed by atoms with Crippen LogP contribution in [0.25, 0.3) is 0 Å². The maximum Gasteiger partial charge on any atom is 0.335 e. The number of benzene rings is 2. The molecule has 5 nitrogen and oxygen atoms in total. The first-order chi connectivity index (χ1) is 14.3. The van der Waals surface area contributed by atoms with Crippen molar-refractivity contribution in [2.75, 3.05) is 25.5 Å². The van der Waals surface area contributed by atoms with Gasteiger partial charge in [0.05, 0.1) is 18.2 Å². The van der Waals surface area contributed by atoms with E-state index in [1.807, 2.05) is 35.2 Å². The van der Waals surface area contributed by atoms with Crippen molar-refractivity contribution in [3.63, 3.8) is 0 Å². The third-order valence-electron chi connectivity index (χ3n) is 5.89. The van der Waals surface area contributed by atoms with E-state index in [0.29, 0.717) is 5.02 Å². The molecule has 2 aromatic rings. The van der Waals surface area contributed by atoms with Crippen LogP contribution in [-0.4, -0.2) is 42.5 Å². The van der Waals surface area contributed by atoms with Gasteiger partial charge in [0, 0.05) is 24.8 Å². The standard InChI is InChI=1S/C24H29ClN2O3/c1-4-5-8-16-13-22(19-9-6-7-10-20(19)25)27(15-23(28)26(2)3)21-14-17(24(29)30)11-12-18(16)21/h6-7,9-12,14,16,22H,4-5,8,13,15H2,1-3H3,(H,29,30). The highest BCUT2D eigenvalue weighted by Gasteiger charge is 2.35. The summed E-state index contributed by atoms with van der Waals surface area (Å²) in [5, 5.41) is 10.2. The number of hydrogen-bond acceptors (Lipinski definition) is 3. The van der Waals surface area contributed by atoms with E-state index < -0.39 is 5.97 Å². The van der Waals surface area contributed by atoms with Crippen molar-refractivity contribution in [3.05, 3.63) is 64.2 Å². The van der Waals surface area contributed by atoms with Crippen molar-refractivity contribution in [2.24, 2.45) is 0 Å². The van der Waals surface area contributed by atoms with Crippen LogP contribution in [0.5, 0.6) is 0 Å². The summed E-state index contributed by atoms with van der Waals surface area (Å²) in [6, 6.07) is 12.9. The van der Waals surface area contributed by atoms with Crippen LogP contribution < -0.4 is 4.90 Å². The molecule has 1 aliphatic rings. The predicted molar refractivity (Wildman–Crippen MR) is 121 cm³/mol. The Kier molecular flexibility index (Phi) is 7.03. The van der Waals surface area contributed by atoms with Crippen LogP contribution in [0.15, 0.2) is 42.5 Å². The van der Waals surface area contributed by atoms with Gasteiger partial charge in [-0.1, -0.05) is 55.6 Å². The quantitative estimate of drug-likeness (QED) is 0.645. The number of unbranched alkanes of at least 4 members (excludes halogenated alkanes) is 1. The molecule has 0 aromatic heterocycles. The minimum Gasteiger partial charge on any atom is -0.478 e. The first-order valence-corrected chi connectivity index (χ1v) is 10.8. The van der Waals surface area contributed by atoms with Gasteiger partial charge in [0.25, 0.3) is 0 Å². The molecule has 30 heavy (non-hydrogen) atoms. The molecule has 2 atom stereocenters. The molecule has 0 spiro atoms. The fourth-order valence-corrected chi connectivity index (χ4v) is 4.47. The summed E-state index contributed by atoms with van der Waals surface area (Å²) >= 11 is 6.57. The maximum atomic E-state index is 12.7. The Balaban J connectivity index is 2.15. The minimum absolute atomic E-state index is 0.0364. The Labute approximate surface area is 183 Å². The van der Waals surface area contributed by atoms with Crippen LogP contribution in [0.1, 0.15) is 66.1 Å². The molecule has 2 aromatic carbocycles. The highest BCUT2D eigenvalue weighted by Crippen LogP contribution is 2.48. The summed E-state index contributed by atoms with van der Waals surface area (Å²) in [4.78, 5) is 28.0. The van der Waals surface area contributed by atoms with Gasteiger partial charge in [0.1, 0.15) is 0 Å². The molecular formula is C24H29ClN2O3. The molecule has 1 heterocycles. The van der Waals surface area contributed by atoms with E-state index in [0.717, 1.165) is 42.5 Å². The fraction of sp³-hybridized carbons (Fsp3) is 0.417.